The maximum Gasteiger partial charge on any atom is 0.118 e. The van der Waals surface area contributed by atoms with Gasteiger partial charge in [0.2, 0.25) is 0 Å². The van der Waals surface area contributed by atoms with Gasteiger partial charge >= 0.3 is 0 Å². The molecular weight excluding hydrogens is 794 g/mol. The summed E-state index contributed by atoms with van der Waals surface area (Å²) in [6.45, 7) is 0. The first-order valence-corrected chi connectivity index (χ1v) is 17.9. The molecule has 6 aromatic heterocycles. The predicted octanol–water partition coefficient (Wildman–Crippen LogP) is 10.8. The second kappa shape index (κ2) is 22.4. The Morgan fingerprint density at radius 3 is 0.895 bits per heavy atom. The fraction of sp³-hybridized carbons (Fsp3) is 0.0417. The standard InChI is InChI=1S/C28H24N2O2.2C10H8N2.Ru/c1-31-25-11-7-21(8-12-25)3-5-23-15-17-29-27(19-23)28-20-24(16-18-30-28)6-4-22-9-13-26(32-2)14-10-22;2*1-3-7-11-9(5-1)10-6-2-4-8-12-10;/h3-20H,1-2H3;2*1-8H;/b5-3+,6-4+;;;. The van der Waals surface area contributed by atoms with Gasteiger partial charge in [-0.15, -0.1) is 0 Å². The second-order valence-corrected chi connectivity index (χ2v) is 12.0. The zero-order valence-electron chi connectivity index (χ0n) is 31.5. The van der Waals surface area contributed by atoms with Crippen molar-refractivity contribution in [3.8, 4) is 45.7 Å². The molecule has 6 heterocycles. The van der Waals surface area contributed by atoms with E-state index in [-0.39, 0.29) is 19.5 Å². The molecule has 57 heavy (non-hydrogen) atoms. The topological polar surface area (TPSA) is 95.8 Å². The molecule has 0 fully saturated rings. The first kappa shape index (κ1) is 41.2. The molecule has 0 aliphatic rings. The van der Waals surface area contributed by atoms with E-state index in [4.69, 9.17) is 9.47 Å². The average Bonchev–Trinajstić information content (AvgIpc) is 3.30. The second-order valence-electron chi connectivity index (χ2n) is 12.0. The van der Waals surface area contributed by atoms with Crippen molar-refractivity contribution in [2.45, 2.75) is 0 Å². The number of ether oxygens (including phenoxy) is 2. The molecule has 0 spiro atoms. The number of benzene rings is 2. The maximum atomic E-state index is 5.21. The molecule has 0 radical (unpaired) electrons. The van der Waals surface area contributed by atoms with Gasteiger partial charge in [-0.3, -0.25) is 29.9 Å². The number of rotatable bonds is 9. The summed E-state index contributed by atoms with van der Waals surface area (Å²) in [4.78, 5) is 25.8. The third-order valence-corrected chi connectivity index (χ3v) is 8.18. The number of hydrogen-bond acceptors (Lipinski definition) is 8. The molecule has 8 aromatic rings. The molecule has 9 heteroatoms. The smallest absolute Gasteiger partial charge is 0.118 e. The monoisotopic (exact) mass is 834 g/mol. The van der Waals surface area contributed by atoms with Gasteiger partial charge in [-0.2, -0.15) is 0 Å². The van der Waals surface area contributed by atoms with Crippen LogP contribution in [0.1, 0.15) is 22.3 Å². The normalized spacial score (nSPS) is 10.4. The van der Waals surface area contributed by atoms with Crippen molar-refractivity contribution in [3.05, 3.63) is 205 Å². The summed E-state index contributed by atoms with van der Waals surface area (Å²) in [6.07, 6.45) is 19.0. The van der Waals surface area contributed by atoms with Gasteiger partial charge in [-0.05, 0) is 119 Å². The van der Waals surface area contributed by atoms with Gasteiger partial charge < -0.3 is 9.47 Å². The van der Waals surface area contributed by atoms with Crippen LogP contribution in [0, 0.1) is 0 Å². The molecule has 282 valence electrons. The SMILES string of the molecule is COc1ccc(/C=C/c2ccnc(-c3cc(/C=C/c4ccc(OC)cc4)ccn3)c2)cc1.[Ru].c1ccc(-c2ccccn2)nc1.c1ccc(-c2ccccn2)nc1. The molecule has 0 amide bonds. The Morgan fingerprint density at radius 1 is 0.316 bits per heavy atom. The van der Waals surface area contributed by atoms with Gasteiger partial charge in [0.15, 0.2) is 0 Å². The first-order valence-electron chi connectivity index (χ1n) is 17.9. The molecule has 0 aliphatic heterocycles. The van der Waals surface area contributed by atoms with Crippen LogP contribution < -0.4 is 9.47 Å². The number of aromatic nitrogens is 6. The first-order chi connectivity index (χ1) is 27.7. The van der Waals surface area contributed by atoms with Crippen molar-refractivity contribution in [2.75, 3.05) is 14.2 Å². The Kier molecular flexibility index (Phi) is 16.2. The summed E-state index contributed by atoms with van der Waals surface area (Å²) in [7, 11) is 3.34. The minimum atomic E-state index is 0. The van der Waals surface area contributed by atoms with E-state index in [0.717, 1.165) is 67.9 Å². The molecule has 0 saturated carbocycles. The molecule has 0 unspecified atom stereocenters. The van der Waals surface area contributed by atoms with Crippen molar-refractivity contribution in [2.24, 2.45) is 0 Å². The summed E-state index contributed by atoms with van der Waals surface area (Å²) >= 11 is 0. The van der Waals surface area contributed by atoms with E-state index in [9.17, 15) is 0 Å². The molecule has 0 N–H and O–H groups in total. The van der Waals surface area contributed by atoms with Gasteiger partial charge in [0.25, 0.3) is 0 Å². The van der Waals surface area contributed by atoms with E-state index in [0.29, 0.717) is 0 Å². The molecule has 0 atom stereocenters. The van der Waals surface area contributed by atoms with E-state index in [1.165, 1.54) is 0 Å². The Bertz CT molecular complexity index is 2170. The predicted molar refractivity (Wildman–Crippen MR) is 226 cm³/mol. The fourth-order valence-electron chi connectivity index (χ4n) is 5.25. The number of hydrogen-bond donors (Lipinski definition) is 0. The van der Waals surface area contributed by atoms with Crippen molar-refractivity contribution in [1.29, 1.82) is 0 Å². The third kappa shape index (κ3) is 13.1. The number of methoxy groups -OCH3 is 2. The summed E-state index contributed by atoms with van der Waals surface area (Å²) in [5, 5.41) is 0. The fourth-order valence-corrected chi connectivity index (χ4v) is 5.25. The number of nitrogens with zero attached hydrogens (tertiary/aromatic N) is 6. The van der Waals surface area contributed by atoms with Crippen LogP contribution in [0.3, 0.4) is 0 Å². The van der Waals surface area contributed by atoms with Crippen LogP contribution in [0.4, 0.5) is 0 Å². The summed E-state index contributed by atoms with van der Waals surface area (Å²) in [6, 6.07) is 47.1. The van der Waals surface area contributed by atoms with Gasteiger partial charge in [-0.1, -0.05) is 72.8 Å². The molecular formula is C48H40N6O2Ru. The Hall–Kier alpha value is -6.96. The zero-order valence-corrected chi connectivity index (χ0v) is 33.2. The minimum absolute atomic E-state index is 0. The van der Waals surface area contributed by atoms with E-state index < -0.39 is 0 Å². The average molecular weight is 834 g/mol. The zero-order chi connectivity index (χ0) is 38.6. The van der Waals surface area contributed by atoms with Gasteiger partial charge in [0, 0.05) is 56.7 Å². The van der Waals surface area contributed by atoms with Crippen LogP contribution in [-0.2, 0) is 19.5 Å². The molecule has 8 rings (SSSR count). The van der Waals surface area contributed by atoms with Crippen LogP contribution in [0.5, 0.6) is 11.5 Å². The van der Waals surface area contributed by atoms with E-state index in [1.54, 1.807) is 39.0 Å². The van der Waals surface area contributed by atoms with E-state index >= 15 is 0 Å². The minimum Gasteiger partial charge on any atom is -0.497 e. The quantitative estimate of drug-likeness (QED) is 0.133. The van der Waals surface area contributed by atoms with Gasteiger partial charge in [0.05, 0.1) is 48.4 Å². The Balaban J connectivity index is 0.000000201. The third-order valence-electron chi connectivity index (χ3n) is 8.18. The van der Waals surface area contributed by atoms with Crippen molar-refractivity contribution < 1.29 is 29.0 Å². The maximum absolute atomic E-state index is 5.21. The summed E-state index contributed by atoms with van der Waals surface area (Å²) < 4.78 is 10.4. The molecule has 0 saturated heterocycles. The van der Waals surface area contributed by atoms with Gasteiger partial charge in [0.1, 0.15) is 11.5 Å². The van der Waals surface area contributed by atoms with E-state index in [2.05, 4.69) is 54.2 Å². The largest absolute Gasteiger partial charge is 0.497 e. The van der Waals surface area contributed by atoms with Gasteiger partial charge in [-0.25, -0.2) is 0 Å². The van der Waals surface area contributed by atoms with Crippen molar-refractivity contribution >= 4 is 24.3 Å². The van der Waals surface area contributed by atoms with Crippen LogP contribution in [0.15, 0.2) is 183 Å². The Labute approximate surface area is 346 Å². The van der Waals surface area contributed by atoms with Crippen molar-refractivity contribution in [1.82, 2.24) is 29.9 Å². The molecule has 8 nitrogen and oxygen atoms in total. The van der Waals surface area contributed by atoms with Crippen LogP contribution >= 0.6 is 0 Å². The molecule has 2 aromatic carbocycles. The molecule has 0 bridgehead atoms. The van der Waals surface area contributed by atoms with Crippen LogP contribution in [0.25, 0.3) is 58.5 Å². The van der Waals surface area contributed by atoms with E-state index in [1.807, 2.05) is 158 Å². The van der Waals surface area contributed by atoms with Crippen LogP contribution in [0.2, 0.25) is 0 Å². The number of pyridine rings is 6. The van der Waals surface area contributed by atoms with Crippen LogP contribution in [-0.4, -0.2) is 44.1 Å². The molecule has 0 aliphatic carbocycles. The summed E-state index contributed by atoms with van der Waals surface area (Å²) in [5.74, 6) is 1.70. The Morgan fingerprint density at radius 2 is 0.614 bits per heavy atom. The summed E-state index contributed by atoms with van der Waals surface area (Å²) in [5.41, 5.74) is 9.66. The van der Waals surface area contributed by atoms with Crippen molar-refractivity contribution in [3.63, 3.8) is 0 Å².